The topological polar surface area (TPSA) is 40.6 Å². The van der Waals surface area contributed by atoms with Gasteiger partial charge in [-0.25, -0.2) is 0 Å². The van der Waals surface area contributed by atoms with Gasteiger partial charge < -0.3 is 9.80 Å². The molecule has 2 amide bonds. The molecule has 4 heteroatoms. The maximum Gasteiger partial charge on any atom is 0.228 e. The molecule has 1 fully saturated rings. The zero-order valence-corrected chi connectivity index (χ0v) is 14.3. The van der Waals surface area contributed by atoms with Crippen LogP contribution in [0.4, 0.5) is 0 Å². The van der Waals surface area contributed by atoms with Gasteiger partial charge in [-0.1, -0.05) is 41.5 Å². The Morgan fingerprint density at radius 3 is 1.20 bits per heavy atom. The Morgan fingerprint density at radius 2 is 1.00 bits per heavy atom. The minimum absolute atomic E-state index is 0.0734. The van der Waals surface area contributed by atoms with Gasteiger partial charge in [0.25, 0.3) is 0 Å². The van der Waals surface area contributed by atoms with Crippen LogP contribution in [0.15, 0.2) is 0 Å². The fourth-order valence-corrected chi connectivity index (χ4v) is 2.55. The largest absolute Gasteiger partial charge is 0.336 e. The van der Waals surface area contributed by atoms with Crippen molar-refractivity contribution in [2.75, 3.05) is 13.1 Å². The molecule has 0 bridgehead atoms. The van der Waals surface area contributed by atoms with Crippen molar-refractivity contribution >= 4 is 11.8 Å². The molecule has 0 N–H and O–H groups in total. The Kier molecular flexibility index (Phi) is 4.57. The lowest BCUT2D eigenvalue weighted by Crippen LogP contribution is -2.62. The monoisotopic (exact) mass is 282 g/mol. The SMILES string of the molecule is CC1CN(C(=O)C(C)(C)C)C(C)CN1C(=O)C(C)(C)C. The molecule has 0 spiro atoms. The molecule has 116 valence electrons. The Hall–Kier alpha value is -1.06. The highest BCUT2D eigenvalue weighted by atomic mass is 16.2. The maximum absolute atomic E-state index is 12.5. The first-order chi connectivity index (χ1) is 8.85. The van der Waals surface area contributed by atoms with Crippen LogP contribution in [0.2, 0.25) is 0 Å². The summed E-state index contributed by atoms with van der Waals surface area (Å²) in [5.74, 6) is 0.333. The van der Waals surface area contributed by atoms with Crippen LogP contribution >= 0.6 is 0 Å². The summed E-state index contributed by atoms with van der Waals surface area (Å²) in [6.45, 7) is 17.0. The molecular formula is C16H30N2O2. The normalized spacial score (nSPS) is 24.8. The number of amides is 2. The van der Waals surface area contributed by atoms with Crippen molar-refractivity contribution in [3.8, 4) is 0 Å². The molecule has 1 aliphatic heterocycles. The molecular weight excluding hydrogens is 252 g/mol. The van der Waals surface area contributed by atoms with Crippen LogP contribution < -0.4 is 0 Å². The standard InChI is InChI=1S/C16H30N2O2/c1-11-9-18(14(20)16(6,7)8)12(2)10-17(11)13(19)15(3,4)5/h11-12H,9-10H2,1-8H3. The predicted molar refractivity (Wildman–Crippen MR) is 81.3 cm³/mol. The minimum atomic E-state index is -0.371. The third-order valence-corrected chi connectivity index (χ3v) is 3.79. The Balaban J connectivity index is 2.87. The van der Waals surface area contributed by atoms with Crippen molar-refractivity contribution in [1.82, 2.24) is 9.80 Å². The molecule has 0 aliphatic carbocycles. The summed E-state index contributed by atoms with van der Waals surface area (Å²) in [5.41, 5.74) is -0.742. The predicted octanol–water partition coefficient (Wildman–Crippen LogP) is 2.53. The van der Waals surface area contributed by atoms with E-state index < -0.39 is 0 Å². The molecule has 2 unspecified atom stereocenters. The quantitative estimate of drug-likeness (QED) is 0.685. The summed E-state index contributed by atoms with van der Waals surface area (Å²) >= 11 is 0. The molecule has 4 nitrogen and oxygen atoms in total. The van der Waals surface area contributed by atoms with Crippen molar-refractivity contribution in [2.24, 2.45) is 10.8 Å². The molecule has 1 aliphatic rings. The Bertz CT molecular complexity index is 352. The molecule has 0 radical (unpaired) electrons. The third-order valence-electron chi connectivity index (χ3n) is 3.79. The summed E-state index contributed by atoms with van der Waals surface area (Å²) < 4.78 is 0. The van der Waals surface area contributed by atoms with Gasteiger partial charge in [-0.15, -0.1) is 0 Å². The van der Waals surface area contributed by atoms with Gasteiger partial charge in [-0.05, 0) is 13.8 Å². The fourth-order valence-electron chi connectivity index (χ4n) is 2.55. The van der Waals surface area contributed by atoms with Crippen LogP contribution in [0.5, 0.6) is 0 Å². The van der Waals surface area contributed by atoms with E-state index in [2.05, 4.69) is 0 Å². The second kappa shape index (κ2) is 5.38. The van der Waals surface area contributed by atoms with Crippen LogP contribution in [-0.4, -0.2) is 46.8 Å². The van der Waals surface area contributed by atoms with Gasteiger partial charge in [0.2, 0.25) is 11.8 Å². The zero-order valence-electron chi connectivity index (χ0n) is 14.3. The van der Waals surface area contributed by atoms with Crippen LogP contribution in [0, 0.1) is 10.8 Å². The second-order valence-corrected chi connectivity index (χ2v) is 8.11. The van der Waals surface area contributed by atoms with Gasteiger partial charge in [0.15, 0.2) is 0 Å². The number of nitrogens with zero attached hydrogens (tertiary/aromatic N) is 2. The van der Waals surface area contributed by atoms with Gasteiger partial charge in [0.1, 0.15) is 0 Å². The molecule has 1 rings (SSSR count). The van der Waals surface area contributed by atoms with Crippen LogP contribution in [0.3, 0.4) is 0 Å². The highest BCUT2D eigenvalue weighted by Gasteiger charge is 2.40. The number of carbonyl (C=O) groups excluding carboxylic acids is 2. The van der Waals surface area contributed by atoms with Crippen molar-refractivity contribution in [2.45, 2.75) is 67.5 Å². The van der Waals surface area contributed by atoms with Gasteiger partial charge in [-0.3, -0.25) is 9.59 Å². The van der Waals surface area contributed by atoms with Crippen molar-refractivity contribution in [1.29, 1.82) is 0 Å². The summed E-state index contributed by atoms with van der Waals surface area (Å²) in [4.78, 5) is 28.8. The molecule has 2 atom stereocenters. The summed E-state index contributed by atoms with van der Waals surface area (Å²) in [6.07, 6.45) is 0. The van der Waals surface area contributed by atoms with Gasteiger partial charge in [0.05, 0.1) is 0 Å². The molecule has 1 saturated heterocycles. The first-order valence-corrected chi connectivity index (χ1v) is 7.48. The summed E-state index contributed by atoms with van der Waals surface area (Å²) in [5, 5.41) is 0. The third kappa shape index (κ3) is 3.53. The molecule has 0 aromatic carbocycles. The van der Waals surface area contributed by atoms with Crippen molar-refractivity contribution < 1.29 is 9.59 Å². The summed E-state index contributed by atoms with van der Waals surface area (Å²) in [7, 11) is 0. The Labute approximate surface area is 123 Å². The Morgan fingerprint density at radius 1 is 0.750 bits per heavy atom. The van der Waals surface area contributed by atoms with E-state index >= 15 is 0 Å². The van der Waals surface area contributed by atoms with E-state index in [0.29, 0.717) is 13.1 Å². The number of piperazine rings is 1. The average Bonchev–Trinajstić information content (AvgIpc) is 2.27. The highest BCUT2D eigenvalue weighted by molar-refractivity contribution is 5.84. The van der Waals surface area contributed by atoms with E-state index in [9.17, 15) is 9.59 Å². The smallest absolute Gasteiger partial charge is 0.228 e. The van der Waals surface area contributed by atoms with E-state index in [1.807, 2.05) is 65.2 Å². The van der Waals surface area contributed by atoms with Gasteiger partial charge in [-0.2, -0.15) is 0 Å². The minimum Gasteiger partial charge on any atom is -0.336 e. The molecule has 20 heavy (non-hydrogen) atoms. The zero-order chi connectivity index (χ0) is 15.9. The van der Waals surface area contributed by atoms with E-state index in [1.165, 1.54) is 0 Å². The molecule has 0 aromatic heterocycles. The second-order valence-electron chi connectivity index (χ2n) is 8.11. The fraction of sp³-hybridized carbons (Fsp3) is 0.875. The van der Waals surface area contributed by atoms with Crippen LogP contribution in [0.1, 0.15) is 55.4 Å². The molecule has 0 saturated carbocycles. The average molecular weight is 282 g/mol. The van der Waals surface area contributed by atoms with E-state index in [4.69, 9.17) is 0 Å². The molecule has 1 heterocycles. The lowest BCUT2D eigenvalue weighted by molar-refractivity contribution is -0.154. The van der Waals surface area contributed by atoms with Crippen molar-refractivity contribution in [3.05, 3.63) is 0 Å². The lowest BCUT2D eigenvalue weighted by atomic mass is 9.90. The van der Waals surface area contributed by atoms with Crippen molar-refractivity contribution in [3.63, 3.8) is 0 Å². The number of hydrogen-bond acceptors (Lipinski definition) is 2. The number of hydrogen-bond donors (Lipinski definition) is 0. The number of carbonyl (C=O) groups is 2. The van der Waals surface area contributed by atoms with E-state index in [1.54, 1.807) is 0 Å². The number of rotatable bonds is 0. The van der Waals surface area contributed by atoms with Gasteiger partial charge >= 0.3 is 0 Å². The van der Waals surface area contributed by atoms with Crippen LogP contribution in [0.25, 0.3) is 0 Å². The van der Waals surface area contributed by atoms with E-state index in [-0.39, 0.29) is 34.7 Å². The van der Waals surface area contributed by atoms with Gasteiger partial charge in [0, 0.05) is 36.0 Å². The highest BCUT2D eigenvalue weighted by Crippen LogP contribution is 2.26. The molecule has 0 aromatic rings. The first kappa shape index (κ1) is 17.0. The van der Waals surface area contributed by atoms with E-state index in [0.717, 1.165) is 0 Å². The summed E-state index contributed by atoms with van der Waals surface area (Å²) in [6, 6.07) is 0.147. The lowest BCUT2D eigenvalue weighted by Gasteiger charge is -2.47. The maximum atomic E-state index is 12.5. The van der Waals surface area contributed by atoms with Crippen LogP contribution in [-0.2, 0) is 9.59 Å². The first-order valence-electron chi connectivity index (χ1n) is 7.48.